The molecule has 2 aromatic carbocycles. The Morgan fingerprint density at radius 3 is 2.72 bits per heavy atom. The molecule has 5 rings (SSSR count). The van der Waals surface area contributed by atoms with Crippen molar-refractivity contribution >= 4 is 37.8 Å². The number of pyridine rings is 1. The van der Waals surface area contributed by atoms with Gasteiger partial charge in [0.2, 0.25) is 5.52 Å². The minimum absolute atomic E-state index is 0. The summed E-state index contributed by atoms with van der Waals surface area (Å²) in [4.78, 5) is 12.1. The van der Waals surface area contributed by atoms with Gasteiger partial charge in [-0.2, -0.15) is 4.57 Å². The molecule has 1 unspecified atom stereocenters. The highest BCUT2D eigenvalue weighted by Gasteiger charge is 2.30. The van der Waals surface area contributed by atoms with Crippen molar-refractivity contribution < 1.29 is 30.7 Å². The van der Waals surface area contributed by atoms with Gasteiger partial charge in [0, 0.05) is 34.9 Å². The van der Waals surface area contributed by atoms with Crippen LogP contribution in [0.5, 0.6) is 5.75 Å². The second-order valence-electron chi connectivity index (χ2n) is 7.36. The van der Waals surface area contributed by atoms with Gasteiger partial charge in [0.1, 0.15) is 15.8 Å². The number of hydrogen-bond donors (Lipinski definition) is 0. The summed E-state index contributed by atoms with van der Waals surface area (Å²) in [5, 5.41) is 2.18. The average molecular weight is 517 g/mol. The summed E-state index contributed by atoms with van der Waals surface area (Å²) in [5.74, 6) is 0.850. The van der Waals surface area contributed by atoms with Gasteiger partial charge in [-0.25, -0.2) is 4.79 Å². The van der Waals surface area contributed by atoms with E-state index >= 15 is 0 Å². The Morgan fingerprint density at radius 1 is 1.14 bits per heavy atom. The summed E-state index contributed by atoms with van der Waals surface area (Å²) in [6.45, 7) is 4.66. The molecule has 0 bridgehead atoms. The van der Waals surface area contributed by atoms with Crippen molar-refractivity contribution in [2.75, 3.05) is 0 Å². The molecule has 0 saturated carbocycles. The highest BCUT2D eigenvalue weighted by Crippen LogP contribution is 2.39. The van der Waals surface area contributed by atoms with E-state index < -0.39 is 0 Å². The van der Waals surface area contributed by atoms with Gasteiger partial charge in [-0.05, 0) is 59.1 Å². The van der Waals surface area contributed by atoms with E-state index in [1.54, 1.807) is 0 Å². The smallest absolute Gasteiger partial charge is 0.350 e. The molecule has 0 fully saturated rings. The monoisotopic (exact) mass is 515 g/mol. The maximum atomic E-state index is 12.1. The molecule has 0 radical (unpaired) electrons. The number of rotatable bonds is 2. The second-order valence-corrected chi connectivity index (χ2v) is 8.15. The number of para-hydroxylation sites is 1. The van der Waals surface area contributed by atoms with Crippen LogP contribution in [0.2, 0.25) is 0 Å². The molecule has 2 aromatic heterocycles. The normalized spacial score (nSPS) is 15.2. The van der Waals surface area contributed by atoms with Gasteiger partial charge in [0.15, 0.2) is 18.8 Å². The third-order valence-electron chi connectivity index (χ3n) is 5.56. The Bertz CT molecular complexity index is 1310. The van der Waals surface area contributed by atoms with E-state index in [-0.39, 0.29) is 28.7 Å². The van der Waals surface area contributed by atoms with E-state index in [1.807, 2.05) is 13.8 Å². The first kappa shape index (κ1) is 20.1. The Morgan fingerprint density at radius 2 is 1.90 bits per heavy atom. The quantitative estimate of drug-likeness (QED) is 0.300. The van der Waals surface area contributed by atoms with Crippen LogP contribution in [-0.2, 0) is 13.0 Å². The fraction of sp³-hybridized carbons (Fsp3) is 0.217. The lowest BCUT2D eigenvalue weighted by atomic mass is 10.0. The molecule has 4 aromatic rings. The Balaban J connectivity index is 0.00000205. The molecule has 148 valence electrons. The van der Waals surface area contributed by atoms with E-state index in [2.05, 4.69) is 69.2 Å². The van der Waals surface area contributed by atoms with Gasteiger partial charge in [-0.1, -0.05) is 12.1 Å². The van der Waals surface area contributed by atoms with Crippen LogP contribution in [0.25, 0.3) is 21.9 Å². The molecule has 0 amide bonds. The fourth-order valence-electron chi connectivity index (χ4n) is 4.14. The molecular weight excluding hydrogens is 498 g/mol. The van der Waals surface area contributed by atoms with Crippen molar-refractivity contribution in [3.63, 3.8) is 0 Å². The van der Waals surface area contributed by atoms with Crippen molar-refractivity contribution in [1.82, 2.24) is 0 Å². The number of aromatic nitrogens is 1. The highest BCUT2D eigenvalue weighted by atomic mass is 79.9. The van der Waals surface area contributed by atoms with Crippen molar-refractivity contribution in [1.29, 1.82) is 0 Å². The van der Waals surface area contributed by atoms with Crippen LogP contribution >= 0.6 is 15.9 Å². The standard InChI is InChI=1S/C23H19BrNO3.BrH/c1-13-18-11-16-10-17(12-25-9-5-7-15-6-3-4-8-19(15)25)27-21(16)14(2)22(18)28-23(26)20(13)24;/h3-9,11,17H,10,12H2,1-2H3;1H/q+1;/p-1. The molecule has 4 nitrogen and oxygen atoms in total. The van der Waals surface area contributed by atoms with Crippen molar-refractivity contribution in [3.05, 3.63) is 80.2 Å². The minimum atomic E-state index is -0.353. The molecule has 1 aliphatic rings. The van der Waals surface area contributed by atoms with Crippen molar-refractivity contribution in [3.8, 4) is 5.75 Å². The number of hydrogen-bond acceptors (Lipinski definition) is 3. The molecule has 0 aliphatic carbocycles. The molecule has 1 atom stereocenters. The Labute approximate surface area is 187 Å². The van der Waals surface area contributed by atoms with Crippen LogP contribution in [0.1, 0.15) is 16.7 Å². The van der Waals surface area contributed by atoms with Crippen molar-refractivity contribution in [2.45, 2.75) is 32.9 Å². The van der Waals surface area contributed by atoms with Crippen LogP contribution in [0.3, 0.4) is 0 Å². The number of aryl methyl sites for hydroxylation is 2. The first-order chi connectivity index (χ1) is 13.5. The second kappa shape index (κ2) is 7.58. The van der Waals surface area contributed by atoms with E-state index in [1.165, 1.54) is 16.5 Å². The zero-order chi connectivity index (χ0) is 19.4. The molecule has 29 heavy (non-hydrogen) atoms. The molecule has 0 spiro atoms. The molecular formula is C23H19Br2NO3. The van der Waals surface area contributed by atoms with Crippen LogP contribution in [0.4, 0.5) is 0 Å². The van der Waals surface area contributed by atoms with Gasteiger partial charge in [-0.15, -0.1) is 0 Å². The fourth-order valence-corrected chi connectivity index (χ4v) is 4.44. The zero-order valence-electron chi connectivity index (χ0n) is 16.0. The number of nitrogens with zero attached hydrogens (tertiary/aromatic N) is 1. The lowest BCUT2D eigenvalue weighted by Crippen LogP contribution is -3.00. The third-order valence-corrected chi connectivity index (χ3v) is 6.48. The maximum absolute atomic E-state index is 12.1. The predicted molar refractivity (Wildman–Crippen MR) is 112 cm³/mol. The average Bonchev–Trinajstić information content (AvgIpc) is 3.11. The largest absolute Gasteiger partial charge is 1.00 e. The number of ether oxygens (including phenoxy) is 1. The van der Waals surface area contributed by atoms with Crippen LogP contribution in [0, 0.1) is 13.8 Å². The SMILES string of the molecule is Cc1c(Br)c(=O)oc2c(C)c3c(cc12)CC(C[n+]1cccc2ccccc21)O3.[Br-]. The van der Waals surface area contributed by atoms with Gasteiger partial charge in [0.25, 0.3) is 0 Å². The summed E-state index contributed by atoms with van der Waals surface area (Å²) >= 11 is 3.34. The topological polar surface area (TPSA) is 43.3 Å². The molecule has 0 saturated heterocycles. The Hall–Kier alpha value is -2.18. The van der Waals surface area contributed by atoms with Gasteiger partial charge in [0.05, 0.1) is 0 Å². The lowest BCUT2D eigenvalue weighted by Gasteiger charge is -2.11. The number of fused-ring (bicyclic) bond motifs is 3. The van der Waals surface area contributed by atoms with Crippen LogP contribution in [0.15, 0.2) is 62.3 Å². The summed E-state index contributed by atoms with van der Waals surface area (Å²) in [7, 11) is 0. The maximum Gasteiger partial charge on any atom is 0.350 e. The summed E-state index contributed by atoms with van der Waals surface area (Å²) in [5.41, 5.74) is 4.42. The van der Waals surface area contributed by atoms with E-state index in [4.69, 9.17) is 9.15 Å². The zero-order valence-corrected chi connectivity index (χ0v) is 19.2. The van der Waals surface area contributed by atoms with Gasteiger partial charge < -0.3 is 26.1 Å². The molecule has 1 aliphatic heterocycles. The summed E-state index contributed by atoms with van der Waals surface area (Å²) < 4.78 is 14.6. The van der Waals surface area contributed by atoms with E-state index in [0.717, 1.165) is 35.2 Å². The van der Waals surface area contributed by atoms with E-state index in [9.17, 15) is 4.79 Å². The van der Waals surface area contributed by atoms with E-state index in [0.29, 0.717) is 10.1 Å². The third kappa shape index (κ3) is 3.28. The molecule has 6 heteroatoms. The first-order valence-electron chi connectivity index (χ1n) is 9.32. The number of halogens is 2. The van der Waals surface area contributed by atoms with Crippen molar-refractivity contribution in [2.24, 2.45) is 0 Å². The lowest BCUT2D eigenvalue weighted by molar-refractivity contribution is -0.677. The number of benzene rings is 2. The minimum Gasteiger partial charge on any atom is -1.00 e. The van der Waals surface area contributed by atoms with Crippen LogP contribution in [-0.4, -0.2) is 6.10 Å². The van der Waals surface area contributed by atoms with Gasteiger partial charge >= 0.3 is 5.63 Å². The Kier molecular flexibility index (Phi) is 5.25. The molecule has 3 heterocycles. The predicted octanol–water partition coefficient (Wildman–Crippen LogP) is 1.62. The summed E-state index contributed by atoms with van der Waals surface area (Å²) in [6, 6.07) is 14.7. The van der Waals surface area contributed by atoms with Crippen LogP contribution < -0.4 is 31.9 Å². The summed E-state index contributed by atoms with van der Waals surface area (Å²) in [6.07, 6.45) is 2.97. The van der Waals surface area contributed by atoms with Gasteiger partial charge in [-0.3, -0.25) is 0 Å². The molecule has 0 N–H and O–H groups in total. The highest BCUT2D eigenvalue weighted by molar-refractivity contribution is 9.10. The first-order valence-corrected chi connectivity index (χ1v) is 10.1.